The van der Waals surface area contributed by atoms with Crippen molar-refractivity contribution in [1.82, 2.24) is 5.32 Å². The van der Waals surface area contributed by atoms with Crippen LogP contribution in [0.4, 0.5) is 0 Å². The van der Waals surface area contributed by atoms with Crippen LogP contribution in [0.1, 0.15) is 213 Å². The Balaban J connectivity index is 4.31. The van der Waals surface area contributed by atoms with Gasteiger partial charge in [-0.15, -0.1) is 0 Å². The Morgan fingerprint density at radius 1 is 0.588 bits per heavy atom. The quantitative estimate of drug-likeness (QED) is 0.0327. The monoisotopic (exact) mass is 748 g/mol. The van der Waals surface area contributed by atoms with E-state index in [2.05, 4.69) is 19.2 Å². The van der Waals surface area contributed by atoms with E-state index in [0.29, 0.717) is 23.9 Å². The number of amides is 1. The lowest BCUT2D eigenvalue weighted by atomic mass is 10.0. The summed E-state index contributed by atoms with van der Waals surface area (Å²) in [4.78, 5) is 23.1. The Labute approximate surface area is 317 Å². The Morgan fingerprint density at radius 2 is 0.941 bits per heavy atom. The third-order valence-electron chi connectivity index (χ3n) is 10.1. The van der Waals surface area contributed by atoms with Gasteiger partial charge in [-0.1, -0.05) is 194 Å². The van der Waals surface area contributed by atoms with Gasteiger partial charge in [-0.2, -0.15) is 0 Å². The number of aliphatic hydroxyl groups excluding tert-OH is 1. The molecule has 0 saturated heterocycles. The van der Waals surface area contributed by atoms with E-state index in [9.17, 15) is 19.4 Å². The number of likely N-dealkylation sites (N-methyl/N-ethyl adjacent to an activating group) is 1. The molecule has 0 aromatic rings. The molecular formula is C42H88N2O6P+. The summed E-state index contributed by atoms with van der Waals surface area (Å²) in [7, 11) is 1.63. The van der Waals surface area contributed by atoms with Crippen molar-refractivity contribution in [2.45, 2.75) is 225 Å². The van der Waals surface area contributed by atoms with E-state index >= 15 is 0 Å². The van der Waals surface area contributed by atoms with Gasteiger partial charge >= 0.3 is 7.82 Å². The van der Waals surface area contributed by atoms with E-state index in [1.807, 2.05) is 21.1 Å². The van der Waals surface area contributed by atoms with Crippen LogP contribution in [0.15, 0.2) is 0 Å². The van der Waals surface area contributed by atoms with Gasteiger partial charge in [0, 0.05) is 6.42 Å². The molecule has 9 heteroatoms. The lowest BCUT2D eigenvalue weighted by Gasteiger charge is -2.26. The molecule has 0 bridgehead atoms. The maximum atomic E-state index is 12.9. The van der Waals surface area contributed by atoms with E-state index in [-0.39, 0.29) is 19.1 Å². The number of nitrogens with one attached hydrogen (secondary N) is 1. The lowest BCUT2D eigenvalue weighted by Crippen LogP contribution is -2.46. The summed E-state index contributed by atoms with van der Waals surface area (Å²) in [5, 5.41) is 13.9. The van der Waals surface area contributed by atoms with Crippen molar-refractivity contribution in [2.24, 2.45) is 0 Å². The van der Waals surface area contributed by atoms with Crippen molar-refractivity contribution in [2.75, 3.05) is 40.9 Å². The third kappa shape index (κ3) is 37.6. The van der Waals surface area contributed by atoms with Crippen LogP contribution in [0, 0.1) is 0 Å². The molecule has 1 unspecified atom stereocenters. The molecule has 0 aromatic heterocycles. The van der Waals surface area contributed by atoms with Crippen LogP contribution >= 0.6 is 7.82 Å². The van der Waals surface area contributed by atoms with Gasteiger partial charge in [0.25, 0.3) is 0 Å². The van der Waals surface area contributed by atoms with Gasteiger partial charge in [0.1, 0.15) is 13.2 Å². The molecule has 0 aliphatic rings. The van der Waals surface area contributed by atoms with Crippen molar-refractivity contribution < 1.29 is 32.9 Å². The Bertz CT molecular complexity index is 809. The second-order valence-electron chi connectivity index (χ2n) is 16.4. The zero-order valence-corrected chi connectivity index (χ0v) is 35.5. The number of hydrogen-bond acceptors (Lipinski definition) is 5. The molecule has 51 heavy (non-hydrogen) atoms. The van der Waals surface area contributed by atoms with E-state index in [0.717, 1.165) is 38.5 Å². The Kier molecular flexibility index (Phi) is 34.9. The highest BCUT2D eigenvalue weighted by atomic mass is 31.2. The summed E-state index contributed by atoms with van der Waals surface area (Å²) >= 11 is 0. The van der Waals surface area contributed by atoms with Crippen molar-refractivity contribution in [1.29, 1.82) is 0 Å². The van der Waals surface area contributed by atoms with Crippen molar-refractivity contribution in [3.8, 4) is 0 Å². The van der Waals surface area contributed by atoms with Crippen molar-refractivity contribution in [3.63, 3.8) is 0 Å². The largest absolute Gasteiger partial charge is 0.472 e. The van der Waals surface area contributed by atoms with Crippen LogP contribution in [0.3, 0.4) is 0 Å². The van der Waals surface area contributed by atoms with Crippen LogP contribution in [0.25, 0.3) is 0 Å². The number of quaternary nitrogens is 1. The Hall–Kier alpha value is -0.500. The number of phosphoric ester groups is 1. The van der Waals surface area contributed by atoms with Crippen molar-refractivity contribution >= 4 is 13.7 Å². The molecule has 3 atom stereocenters. The maximum Gasteiger partial charge on any atom is 0.472 e. The highest BCUT2D eigenvalue weighted by molar-refractivity contribution is 7.47. The normalized spacial score (nSPS) is 14.4. The van der Waals surface area contributed by atoms with Crippen LogP contribution < -0.4 is 5.32 Å². The molecule has 0 saturated carbocycles. The fraction of sp³-hybridized carbons (Fsp3) is 0.976. The highest BCUT2D eigenvalue weighted by Gasteiger charge is 2.28. The van der Waals surface area contributed by atoms with Crippen molar-refractivity contribution in [3.05, 3.63) is 0 Å². The minimum Gasteiger partial charge on any atom is -0.391 e. The lowest BCUT2D eigenvalue weighted by molar-refractivity contribution is -0.870. The molecule has 0 heterocycles. The average molecular weight is 748 g/mol. The highest BCUT2D eigenvalue weighted by Crippen LogP contribution is 2.43. The van der Waals surface area contributed by atoms with Crippen LogP contribution in [0.2, 0.25) is 0 Å². The smallest absolute Gasteiger partial charge is 0.391 e. The molecule has 0 aromatic carbocycles. The van der Waals surface area contributed by atoms with Gasteiger partial charge in [0.05, 0.1) is 39.9 Å². The SMILES string of the molecule is CCCCCCCCCCCCCCCCCCCC(=O)N[C@@H](COP(=O)(O)OCC[N+](C)(C)C)[C@H](O)CCCCCCCCCCCCCC. The number of carbonyl (C=O) groups is 1. The molecule has 3 N–H and O–H groups in total. The zero-order chi connectivity index (χ0) is 37.9. The third-order valence-corrected chi connectivity index (χ3v) is 11.1. The minimum atomic E-state index is -4.30. The zero-order valence-electron chi connectivity index (χ0n) is 34.6. The first kappa shape index (κ1) is 50.5. The summed E-state index contributed by atoms with van der Waals surface area (Å²) < 4.78 is 23.6. The van der Waals surface area contributed by atoms with Gasteiger partial charge in [-0.25, -0.2) is 4.57 Å². The van der Waals surface area contributed by atoms with E-state index in [4.69, 9.17) is 9.05 Å². The average Bonchev–Trinajstić information content (AvgIpc) is 3.07. The number of rotatable bonds is 40. The van der Waals surface area contributed by atoms with E-state index in [1.54, 1.807) is 0 Å². The van der Waals surface area contributed by atoms with Crippen LogP contribution in [-0.2, 0) is 18.4 Å². The summed E-state index contributed by atoms with van der Waals surface area (Å²) in [5.41, 5.74) is 0. The Morgan fingerprint density at radius 3 is 1.31 bits per heavy atom. The first-order chi connectivity index (χ1) is 24.5. The molecule has 0 aliphatic heterocycles. The fourth-order valence-electron chi connectivity index (χ4n) is 6.58. The number of unbranched alkanes of at least 4 members (excludes halogenated alkanes) is 27. The molecule has 0 fully saturated rings. The predicted molar refractivity (Wildman–Crippen MR) is 217 cm³/mol. The molecule has 0 spiro atoms. The topological polar surface area (TPSA) is 105 Å². The molecule has 8 nitrogen and oxygen atoms in total. The van der Waals surface area contributed by atoms with Crippen LogP contribution in [0.5, 0.6) is 0 Å². The molecule has 306 valence electrons. The number of nitrogens with zero attached hydrogens (tertiary/aromatic N) is 1. The summed E-state index contributed by atoms with van der Waals surface area (Å²) in [6.07, 6.45) is 36.9. The van der Waals surface area contributed by atoms with Gasteiger partial charge in [-0.05, 0) is 12.8 Å². The first-order valence-corrected chi connectivity index (χ1v) is 23.4. The summed E-state index contributed by atoms with van der Waals surface area (Å²) in [6.45, 7) is 4.90. The second-order valence-corrected chi connectivity index (χ2v) is 17.9. The molecule has 1 amide bonds. The summed E-state index contributed by atoms with van der Waals surface area (Å²) in [6, 6.07) is -0.751. The maximum absolute atomic E-state index is 12.9. The van der Waals surface area contributed by atoms with Gasteiger partial charge in [0.15, 0.2) is 0 Å². The second kappa shape index (κ2) is 35.2. The number of carbonyl (C=O) groups excluding carboxylic acids is 1. The van der Waals surface area contributed by atoms with Gasteiger partial charge in [-0.3, -0.25) is 13.8 Å². The van der Waals surface area contributed by atoms with Gasteiger partial charge in [0.2, 0.25) is 5.91 Å². The number of aliphatic hydroxyl groups is 1. The molecular weight excluding hydrogens is 659 g/mol. The number of phosphoric acid groups is 1. The van der Waals surface area contributed by atoms with Crippen LogP contribution in [-0.4, -0.2) is 73.4 Å². The first-order valence-electron chi connectivity index (χ1n) is 21.9. The fourth-order valence-corrected chi connectivity index (χ4v) is 7.31. The molecule has 0 aliphatic carbocycles. The molecule has 0 rings (SSSR count). The van der Waals surface area contributed by atoms with Gasteiger partial charge < -0.3 is 19.8 Å². The standard InChI is InChI=1S/C42H87N2O6P/c1-6-8-10-12-14-16-18-20-21-22-23-24-26-28-30-32-34-36-42(46)43-40(39-50-51(47,48)49-38-37-44(3,4)5)41(45)35-33-31-29-27-25-19-17-15-13-11-9-7-2/h40-41,45H,6-39H2,1-5H3,(H-,43,46,47,48)/p+1/t40-,41+/m0/s1. The van der Waals surface area contributed by atoms with E-state index < -0.39 is 20.0 Å². The number of hydrogen-bond donors (Lipinski definition) is 3. The predicted octanol–water partition coefficient (Wildman–Crippen LogP) is 11.8. The molecule has 0 radical (unpaired) electrons. The minimum absolute atomic E-state index is 0.0784. The summed E-state index contributed by atoms with van der Waals surface area (Å²) in [5.74, 6) is -0.142. The van der Waals surface area contributed by atoms with E-state index in [1.165, 1.54) is 148 Å².